The average Bonchev–Trinajstić information content (AvgIpc) is 3.51. The van der Waals surface area contributed by atoms with Crippen molar-refractivity contribution >= 4 is 19.8 Å². The average molecular weight is 916 g/mol. The van der Waals surface area contributed by atoms with Gasteiger partial charge in [-0.15, -0.1) is 0 Å². The van der Waals surface area contributed by atoms with E-state index in [0.717, 1.165) is 70.0 Å². The van der Waals surface area contributed by atoms with Crippen molar-refractivity contribution in [2.75, 3.05) is 47.5 Å². The van der Waals surface area contributed by atoms with Crippen LogP contribution in [0.25, 0.3) is 0 Å². The summed E-state index contributed by atoms with van der Waals surface area (Å²) in [4.78, 5) is 37.7. The number of ether oxygens (including phenoxy) is 2. The minimum absolute atomic E-state index is 0.0638. The molecule has 1 N–H and O–H groups in total. The number of nitrogens with zero attached hydrogens (tertiary/aromatic N) is 1. The summed E-state index contributed by atoms with van der Waals surface area (Å²) < 4.78 is 40.1. The van der Waals surface area contributed by atoms with Crippen LogP contribution in [0.15, 0.2) is 77.3 Å². The second-order valence-electron chi connectivity index (χ2n) is 17.5. The number of aryl methyl sites for hydroxylation is 2. The monoisotopic (exact) mass is 916 g/mol. The maximum absolute atomic E-state index is 12.7. The van der Waals surface area contributed by atoms with Crippen molar-refractivity contribution in [1.82, 2.24) is 0 Å². The van der Waals surface area contributed by atoms with Gasteiger partial charge in [0.1, 0.15) is 31.3 Å². The topological polar surface area (TPSA) is 145 Å². The van der Waals surface area contributed by atoms with E-state index in [0.29, 0.717) is 36.7 Å². The summed E-state index contributed by atoms with van der Waals surface area (Å²) in [6.07, 6.45) is 40.8. The van der Waals surface area contributed by atoms with E-state index >= 15 is 0 Å². The Morgan fingerprint density at radius 3 is 1.92 bits per heavy atom. The number of quaternary nitrogens is 1. The lowest BCUT2D eigenvalue weighted by Crippen LogP contribution is -2.37. The number of esters is 2. The molecule has 0 aliphatic rings. The molecule has 0 radical (unpaired) electrons. The summed E-state index contributed by atoms with van der Waals surface area (Å²) in [5, 5.41) is 10.0. The minimum atomic E-state index is -4.68. The first-order valence-electron chi connectivity index (χ1n) is 24.1. The Morgan fingerprint density at radius 2 is 1.28 bits per heavy atom. The molecule has 1 rings (SSSR count). The Balaban J connectivity index is 2.41. The summed E-state index contributed by atoms with van der Waals surface area (Å²) in [6.45, 7) is 8.23. The van der Waals surface area contributed by atoms with Crippen molar-refractivity contribution in [2.24, 2.45) is 0 Å². The summed E-state index contributed by atoms with van der Waals surface area (Å²) in [5.74, 6) is 1.33. The van der Waals surface area contributed by atoms with Crippen molar-refractivity contribution in [3.63, 3.8) is 0 Å². The van der Waals surface area contributed by atoms with Gasteiger partial charge in [0.25, 0.3) is 7.82 Å². The van der Waals surface area contributed by atoms with E-state index in [4.69, 9.17) is 22.9 Å². The van der Waals surface area contributed by atoms with Crippen molar-refractivity contribution in [3.8, 4) is 0 Å². The van der Waals surface area contributed by atoms with Crippen LogP contribution in [0.4, 0.5) is 0 Å². The van der Waals surface area contributed by atoms with Crippen LogP contribution < -0.4 is 4.89 Å². The molecule has 1 aromatic rings. The molecule has 0 aromatic carbocycles. The van der Waals surface area contributed by atoms with Crippen LogP contribution in [0.5, 0.6) is 0 Å². The molecule has 2 unspecified atom stereocenters. The molecule has 364 valence electrons. The highest BCUT2D eigenvalue weighted by molar-refractivity contribution is 7.45. The molecule has 3 atom stereocenters. The van der Waals surface area contributed by atoms with E-state index < -0.39 is 38.6 Å². The lowest BCUT2D eigenvalue weighted by molar-refractivity contribution is -0.870. The van der Waals surface area contributed by atoms with Crippen LogP contribution in [0.1, 0.15) is 158 Å². The first-order valence-corrected chi connectivity index (χ1v) is 25.6. The summed E-state index contributed by atoms with van der Waals surface area (Å²) in [6, 6.07) is 0. The fourth-order valence-electron chi connectivity index (χ4n) is 6.47. The molecule has 64 heavy (non-hydrogen) atoms. The normalized spacial score (nSPS) is 14.6. The molecule has 0 saturated carbocycles. The van der Waals surface area contributed by atoms with Gasteiger partial charge in [-0.3, -0.25) is 14.2 Å². The van der Waals surface area contributed by atoms with Crippen molar-refractivity contribution in [1.29, 1.82) is 0 Å². The fourth-order valence-corrected chi connectivity index (χ4v) is 7.20. The quantitative estimate of drug-likeness (QED) is 0.0169. The Kier molecular flexibility index (Phi) is 33.8. The zero-order valence-electron chi connectivity index (χ0n) is 40.8. The predicted molar refractivity (Wildman–Crippen MR) is 259 cm³/mol. The smallest absolute Gasteiger partial charge is 0.306 e. The van der Waals surface area contributed by atoms with Gasteiger partial charge in [0.05, 0.1) is 33.9 Å². The van der Waals surface area contributed by atoms with Gasteiger partial charge in [0, 0.05) is 25.7 Å². The van der Waals surface area contributed by atoms with Crippen LogP contribution in [-0.2, 0) is 45.5 Å². The number of rotatable bonds is 39. The number of aliphatic hydroxyl groups excluding tert-OH is 1. The Bertz CT molecular complexity index is 1620. The number of aliphatic hydroxyl groups is 1. The standard InChI is InChI=1S/C52H86NO10P/c1-8-10-12-13-24-30-35-47(54)36-31-25-20-16-14-15-17-23-28-34-40-52(56)62-48(44-61-64(57,58)60-42-41-53(5,6)7)43-59-51(55)39-33-27-22-19-18-21-26-32-38-50-46(4)45(3)49(63-50)37-29-11-9-2/h10,12,14-15,20,23-25,28,30-31,36,47-48,54H,8-9,11,13,16-19,21-22,26-27,29,32-35,37-44H2,1-7H3/b12-10-,15-14-,25-20-,28-23-,30-24-,36-31+/t47?,48-/m1/s1. The first kappa shape index (κ1) is 58.7. The number of hydrogen-bond acceptors (Lipinski definition) is 10. The van der Waals surface area contributed by atoms with E-state index in [1.165, 1.54) is 49.0 Å². The van der Waals surface area contributed by atoms with Crippen LogP contribution in [-0.4, -0.2) is 81.2 Å². The number of phosphoric ester groups is 1. The SMILES string of the molecule is CC/C=C\C/C=C\CC(O)/C=C/C=C\C/C=C\C/C=C\CCC(=O)O[C@H](COC(=O)CCCCCCCCCCc1oc(CCCCC)c(C)c1C)COP(=O)([O-])OCC[N+](C)(C)C. The van der Waals surface area contributed by atoms with Crippen LogP contribution in [0.2, 0.25) is 0 Å². The highest BCUT2D eigenvalue weighted by Crippen LogP contribution is 2.38. The van der Waals surface area contributed by atoms with Gasteiger partial charge in [0.2, 0.25) is 0 Å². The summed E-state index contributed by atoms with van der Waals surface area (Å²) >= 11 is 0. The molecule has 0 bridgehead atoms. The largest absolute Gasteiger partial charge is 0.756 e. The number of carbonyl (C=O) groups excluding carboxylic acids is 2. The van der Waals surface area contributed by atoms with Gasteiger partial charge in [-0.1, -0.05) is 138 Å². The van der Waals surface area contributed by atoms with Gasteiger partial charge in [0.15, 0.2) is 6.10 Å². The minimum Gasteiger partial charge on any atom is -0.756 e. The third-order valence-electron chi connectivity index (χ3n) is 10.5. The number of allylic oxidation sites excluding steroid dienone is 10. The molecule has 0 spiro atoms. The van der Waals surface area contributed by atoms with E-state index in [-0.39, 0.29) is 26.1 Å². The second-order valence-corrected chi connectivity index (χ2v) is 18.9. The molecule has 0 amide bonds. The number of furan rings is 1. The van der Waals surface area contributed by atoms with Gasteiger partial charge in [-0.25, -0.2) is 0 Å². The number of phosphoric acid groups is 1. The number of unbranched alkanes of at least 4 members (excludes halogenated alkanes) is 9. The van der Waals surface area contributed by atoms with E-state index in [1.807, 2.05) is 69.8 Å². The van der Waals surface area contributed by atoms with E-state index in [9.17, 15) is 24.2 Å². The van der Waals surface area contributed by atoms with Gasteiger partial charge < -0.3 is 37.4 Å². The third kappa shape index (κ3) is 33.2. The maximum Gasteiger partial charge on any atom is 0.306 e. The molecule has 0 aliphatic heterocycles. The highest BCUT2D eigenvalue weighted by Gasteiger charge is 2.22. The Morgan fingerprint density at radius 1 is 0.703 bits per heavy atom. The number of likely N-dealkylation sites (N-methyl/N-ethyl adjacent to an activating group) is 1. The lowest BCUT2D eigenvalue weighted by Gasteiger charge is -2.28. The van der Waals surface area contributed by atoms with Crippen LogP contribution >= 0.6 is 7.82 Å². The number of hydrogen-bond donors (Lipinski definition) is 1. The highest BCUT2D eigenvalue weighted by atomic mass is 31.2. The van der Waals surface area contributed by atoms with Crippen molar-refractivity contribution in [3.05, 3.63) is 95.6 Å². The fraction of sp³-hybridized carbons (Fsp3) is 0.654. The zero-order chi connectivity index (χ0) is 47.3. The summed E-state index contributed by atoms with van der Waals surface area (Å²) in [7, 11) is 1.06. The molecule has 0 aliphatic carbocycles. The van der Waals surface area contributed by atoms with Gasteiger partial charge >= 0.3 is 11.9 Å². The predicted octanol–water partition coefficient (Wildman–Crippen LogP) is 11.8. The molecule has 1 heterocycles. The second kappa shape index (κ2) is 36.9. The first-order chi connectivity index (χ1) is 30.7. The molecular formula is C52H86NO10P. The van der Waals surface area contributed by atoms with Crippen molar-refractivity contribution < 1.29 is 51.6 Å². The molecule has 0 saturated heterocycles. The molecule has 12 heteroatoms. The number of carbonyl (C=O) groups is 2. The summed E-state index contributed by atoms with van der Waals surface area (Å²) in [5.41, 5.74) is 2.64. The zero-order valence-corrected chi connectivity index (χ0v) is 41.7. The maximum atomic E-state index is 12.7. The molecular weight excluding hydrogens is 830 g/mol. The molecule has 1 aromatic heterocycles. The van der Waals surface area contributed by atoms with E-state index in [1.54, 1.807) is 6.08 Å². The van der Waals surface area contributed by atoms with Crippen molar-refractivity contribution in [2.45, 2.75) is 175 Å². The Hall–Kier alpha value is -3.31. The van der Waals surface area contributed by atoms with Gasteiger partial charge in [-0.05, 0) is 82.8 Å². The van der Waals surface area contributed by atoms with E-state index in [2.05, 4.69) is 45.9 Å². The third-order valence-corrected chi connectivity index (χ3v) is 11.5. The Labute approximate surface area is 387 Å². The molecule has 0 fully saturated rings. The molecule has 11 nitrogen and oxygen atoms in total. The lowest BCUT2D eigenvalue weighted by atomic mass is 10.0. The van der Waals surface area contributed by atoms with Crippen LogP contribution in [0, 0.1) is 13.8 Å². The van der Waals surface area contributed by atoms with Gasteiger partial charge in [-0.2, -0.15) is 0 Å². The van der Waals surface area contributed by atoms with Crippen LogP contribution in [0.3, 0.4) is 0 Å².